The zero-order chi connectivity index (χ0) is 24.7. The summed E-state index contributed by atoms with van der Waals surface area (Å²) in [6.45, 7) is 5.46. The fourth-order valence-corrected chi connectivity index (χ4v) is 6.32. The maximum absolute atomic E-state index is 13.2. The summed E-state index contributed by atoms with van der Waals surface area (Å²) < 4.78 is 34.0. The molecule has 1 saturated carbocycles. The minimum atomic E-state index is -3.59. The molecule has 0 radical (unpaired) electrons. The molecule has 1 saturated heterocycles. The highest BCUT2D eigenvalue weighted by molar-refractivity contribution is 7.89. The van der Waals surface area contributed by atoms with Crippen LogP contribution in [0.15, 0.2) is 53.7 Å². The van der Waals surface area contributed by atoms with Crippen LogP contribution in [-0.4, -0.2) is 73.6 Å². The third-order valence-corrected chi connectivity index (χ3v) is 8.63. The van der Waals surface area contributed by atoms with Crippen LogP contribution in [0.1, 0.15) is 38.2 Å². The number of nitrogens with zero attached hydrogens (tertiary/aromatic N) is 3. The number of ether oxygens (including phenoxy) is 1. The second-order valence-electron chi connectivity index (χ2n) is 8.98. The van der Waals surface area contributed by atoms with Crippen molar-refractivity contribution < 1.29 is 17.9 Å². The Morgan fingerprint density at radius 2 is 1.83 bits per heavy atom. The van der Waals surface area contributed by atoms with Crippen LogP contribution in [0, 0.1) is 0 Å². The average Bonchev–Trinajstić information content (AvgIpc) is 2.89. The number of hydrogen-bond acceptors (Lipinski definition) is 6. The number of sulfonamides is 1. The van der Waals surface area contributed by atoms with E-state index < -0.39 is 10.0 Å². The van der Waals surface area contributed by atoms with Gasteiger partial charge in [0.2, 0.25) is 10.0 Å². The average molecular weight is 502 g/mol. The number of pyridine rings is 1. The number of urea groups is 1. The van der Waals surface area contributed by atoms with Gasteiger partial charge in [-0.1, -0.05) is 18.9 Å². The molecule has 2 aromatic rings. The van der Waals surface area contributed by atoms with Crippen LogP contribution in [0.25, 0.3) is 0 Å². The highest BCUT2D eigenvalue weighted by Crippen LogP contribution is 2.28. The lowest BCUT2D eigenvalue weighted by atomic mass is 9.91. The Bertz CT molecular complexity index is 1060. The van der Waals surface area contributed by atoms with Crippen LogP contribution in [0.5, 0.6) is 0 Å². The van der Waals surface area contributed by atoms with E-state index in [1.807, 2.05) is 19.1 Å². The van der Waals surface area contributed by atoms with Gasteiger partial charge in [0.1, 0.15) is 0 Å². The van der Waals surface area contributed by atoms with Crippen molar-refractivity contribution in [3.05, 3.63) is 54.4 Å². The molecule has 2 unspecified atom stereocenters. The van der Waals surface area contributed by atoms with Crippen LogP contribution in [0.3, 0.4) is 0 Å². The first-order chi connectivity index (χ1) is 17.0. The molecule has 35 heavy (non-hydrogen) atoms. The van der Waals surface area contributed by atoms with Gasteiger partial charge in [0.15, 0.2) is 0 Å². The minimum Gasteiger partial charge on any atom is -0.377 e. The number of rotatable bonds is 8. The van der Waals surface area contributed by atoms with Crippen molar-refractivity contribution >= 4 is 21.7 Å². The molecule has 1 aromatic carbocycles. The summed E-state index contributed by atoms with van der Waals surface area (Å²) in [4.78, 5) is 18.8. The molecular weight excluding hydrogens is 466 g/mol. The summed E-state index contributed by atoms with van der Waals surface area (Å²) >= 11 is 0. The van der Waals surface area contributed by atoms with Crippen LogP contribution < -0.4 is 10.6 Å². The van der Waals surface area contributed by atoms with Crippen molar-refractivity contribution in [2.45, 2.75) is 56.2 Å². The standard InChI is InChI=1S/C25H35N5O4S/c1-2-34-24-8-4-3-7-23(24)29-14-16-30(17-15-29)35(32,33)22-11-9-21(10-12-22)28-25(31)27-19-20-6-5-13-26-18-20/h5-6,9-13,18,23-24H,2-4,7-8,14-17,19H2,1H3,(H2,27,28,31). The lowest BCUT2D eigenvalue weighted by Crippen LogP contribution is -2.55. The summed E-state index contributed by atoms with van der Waals surface area (Å²) in [6, 6.07) is 10.0. The van der Waals surface area contributed by atoms with E-state index in [0.717, 1.165) is 18.4 Å². The number of amides is 2. The van der Waals surface area contributed by atoms with Crippen LogP contribution in [0.2, 0.25) is 0 Å². The zero-order valence-electron chi connectivity index (χ0n) is 20.2. The quantitative estimate of drug-likeness (QED) is 0.576. The highest BCUT2D eigenvalue weighted by atomic mass is 32.2. The van der Waals surface area contributed by atoms with Crippen LogP contribution in [0.4, 0.5) is 10.5 Å². The van der Waals surface area contributed by atoms with Gasteiger partial charge in [0.25, 0.3) is 0 Å². The van der Waals surface area contributed by atoms with E-state index in [4.69, 9.17) is 4.74 Å². The maximum atomic E-state index is 13.2. The smallest absolute Gasteiger partial charge is 0.319 e. The number of anilines is 1. The lowest BCUT2D eigenvalue weighted by molar-refractivity contribution is -0.0388. The number of carbonyl (C=O) groups is 1. The second kappa shape index (κ2) is 11.9. The van der Waals surface area contributed by atoms with E-state index in [1.54, 1.807) is 41.0 Å². The fraction of sp³-hybridized carbons (Fsp3) is 0.520. The van der Waals surface area contributed by atoms with Gasteiger partial charge >= 0.3 is 6.03 Å². The molecule has 1 aliphatic carbocycles. The summed E-state index contributed by atoms with van der Waals surface area (Å²) in [5.41, 5.74) is 1.41. The Balaban J connectivity index is 1.30. The highest BCUT2D eigenvalue weighted by Gasteiger charge is 2.35. The van der Waals surface area contributed by atoms with E-state index in [2.05, 4.69) is 20.5 Å². The van der Waals surface area contributed by atoms with E-state index in [1.165, 1.54) is 12.8 Å². The van der Waals surface area contributed by atoms with Crippen molar-refractivity contribution in [3.8, 4) is 0 Å². The number of carbonyl (C=O) groups excluding carboxylic acids is 1. The normalized spacial score (nSPS) is 22.0. The molecule has 0 spiro atoms. The van der Waals surface area contributed by atoms with Gasteiger partial charge < -0.3 is 15.4 Å². The molecule has 10 heteroatoms. The first-order valence-electron chi connectivity index (χ1n) is 12.4. The van der Waals surface area contributed by atoms with E-state index in [-0.39, 0.29) is 17.0 Å². The van der Waals surface area contributed by atoms with Gasteiger partial charge in [0, 0.05) is 63.5 Å². The monoisotopic (exact) mass is 501 g/mol. The Hall–Kier alpha value is -2.53. The molecule has 190 valence electrons. The first-order valence-corrected chi connectivity index (χ1v) is 13.8. The van der Waals surface area contributed by atoms with Crippen molar-refractivity contribution in [1.82, 2.24) is 19.5 Å². The Morgan fingerprint density at radius 1 is 1.09 bits per heavy atom. The summed E-state index contributed by atoms with van der Waals surface area (Å²) in [5.74, 6) is 0. The molecule has 2 fully saturated rings. The largest absolute Gasteiger partial charge is 0.377 e. The molecule has 2 amide bonds. The van der Waals surface area contributed by atoms with Crippen molar-refractivity contribution in [3.63, 3.8) is 0 Å². The van der Waals surface area contributed by atoms with Gasteiger partial charge in [-0.3, -0.25) is 9.88 Å². The predicted molar refractivity (Wildman–Crippen MR) is 135 cm³/mol. The van der Waals surface area contributed by atoms with Gasteiger partial charge in [-0.05, 0) is 55.7 Å². The predicted octanol–water partition coefficient (Wildman–Crippen LogP) is 3.06. The van der Waals surface area contributed by atoms with E-state index in [9.17, 15) is 13.2 Å². The number of aromatic nitrogens is 1. The minimum absolute atomic E-state index is 0.233. The second-order valence-corrected chi connectivity index (χ2v) is 10.9. The number of piperazine rings is 1. The van der Waals surface area contributed by atoms with Gasteiger partial charge in [0.05, 0.1) is 11.0 Å². The van der Waals surface area contributed by atoms with Gasteiger partial charge in [-0.15, -0.1) is 0 Å². The van der Waals surface area contributed by atoms with Crippen LogP contribution >= 0.6 is 0 Å². The summed E-state index contributed by atoms with van der Waals surface area (Å²) in [5, 5.41) is 5.49. The third-order valence-electron chi connectivity index (χ3n) is 6.72. The molecule has 2 heterocycles. The number of hydrogen-bond donors (Lipinski definition) is 2. The van der Waals surface area contributed by atoms with E-state index in [0.29, 0.717) is 51.1 Å². The molecule has 1 aromatic heterocycles. The molecule has 0 bridgehead atoms. The molecule has 9 nitrogen and oxygen atoms in total. The zero-order valence-corrected chi connectivity index (χ0v) is 21.0. The first kappa shape index (κ1) is 25.6. The van der Waals surface area contributed by atoms with E-state index >= 15 is 0 Å². The van der Waals surface area contributed by atoms with Crippen molar-refractivity contribution in [2.75, 3.05) is 38.1 Å². The van der Waals surface area contributed by atoms with Crippen molar-refractivity contribution in [2.24, 2.45) is 0 Å². The third kappa shape index (κ3) is 6.58. The molecule has 4 rings (SSSR count). The number of nitrogens with one attached hydrogen (secondary N) is 2. The molecular formula is C25H35N5O4S. The van der Waals surface area contributed by atoms with Gasteiger partial charge in [-0.2, -0.15) is 4.31 Å². The Labute approximate surface area is 207 Å². The maximum Gasteiger partial charge on any atom is 0.319 e. The molecule has 1 aliphatic heterocycles. The van der Waals surface area contributed by atoms with Crippen molar-refractivity contribution in [1.29, 1.82) is 0 Å². The SMILES string of the molecule is CCOC1CCCCC1N1CCN(S(=O)(=O)c2ccc(NC(=O)NCc3cccnc3)cc2)CC1. The molecule has 2 aliphatic rings. The Morgan fingerprint density at radius 3 is 2.51 bits per heavy atom. The van der Waals surface area contributed by atoms with Gasteiger partial charge in [-0.25, -0.2) is 13.2 Å². The summed E-state index contributed by atoms with van der Waals surface area (Å²) in [6.07, 6.45) is 8.21. The molecule has 2 atom stereocenters. The fourth-order valence-electron chi connectivity index (χ4n) is 4.90. The van der Waals surface area contributed by atoms with Crippen LogP contribution in [-0.2, 0) is 21.3 Å². The topological polar surface area (TPSA) is 104 Å². The lowest BCUT2D eigenvalue weighted by Gasteiger charge is -2.43. The Kier molecular flexibility index (Phi) is 8.72. The summed E-state index contributed by atoms with van der Waals surface area (Å²) in [7, 11) is -3.59. The molecule has 2 N–H and O–H groups in total. The number of benzene rings is 1.